The first-order valence-corrected chi connectivity index (χ1v) is 6.59. The van der Waals surface area contributed by atoms with E-state index in [0.29, 0.717) is 9.83 Å². The van der Waals surface area contributed by atoms with Crippen LogP contribution in [0.15, 0.2) is 18.2 Å². The van der Waals surface area contributed by atoms with Crippen molar-refractivity contribution in [1.29, 1.82) is 0 Å². The first-order valence-electron chi connectivity index (χ1n) is 5.77. The Kier molecular flexibility index (Phi) is 2.69. The average molecular weight is 272 g/mol. The lowest BCUT2D eigenvalue weighted by Gasteiger charge is -2.12. The lowest BCUT2D eigenvalue weighted by Crippen LogP contribution is -2.17. The van der Waals surface area contributed by atoms with Crippen molar-refractivity contribution in [2.75, 3.05) is 18.0 Å². The molecule has 1 aromatic carbocycles. The first kappa shape index (κ1) is 11.8. The van der Waals surface area contributed by atoms with Crippen LogP contribution in [0.1, 0.15) is 18.4 Å². The molecule has 96 valence electrons. The molecule has 0 N–H and O–H groups in total. The van der Waals surface area contributed by atoms with Crippen LogP contribution in [-0.4, -0.2) is 18.1 Å². The number of fused-ring (bicyclic) bond motifs is 1. The molecule has 3 rings (SSSR count). The molecule has 1 aliphatic rings. The smallest absolute Gasteiger partial charge is 0.348 e. The maximum absolute atomic E-state index is 12.9. The Hall–Kier alpha value is -1.30. The van der Waals surface area contributed by atoms with Crippen molar-refractivity contribution in [3.8, 4) is 0 Å². The van der Waals surface area contributed by atoms with Gasteiger partial charge in [-0.3, -0.25) is 0 Å². The largest absolute Gasteiger partial charge is 0.418 e. The molecule has 1 aromatic heterocycles. The standard InChI is InChI=1S/C12H11F3N2S/c13-12(14,15)8-4-3-5-9-10(8)16-11(18-9)17-6-1-2-7-17/h3-5H,1-2,6-7H2. The van der Waals surface area contributed by atoms with Crippen molar-refractivity contribution in [3.63, 3.8) is 0 Å². The van der Waals surface area contributed by atoms with Gasteiger partial charge in [0.05, 0.1) is 15.8 Å². The topological polar surface area (TPSA) is 16.1 Å². The highest BCUT2D eigenvalue weighted by atomic mass is 32.1. The van der Waals surface area contributed by atoms with E-state index in [1.54, 1.807) is 6.07 Å². The van der Waals surface area contributed by atoms with Gasteiger partial charge < -0.3 is 4.90 Å². The number of halogens is 3. The molecule has 0 atom stereocenters. The minimum Gasteiger partial charge on any atom is -0.348 e. The molecule has 1 fully saturated rings. The molecule has 0 spiro atoms. The van der Waals surface area contributed by atoms with Crippen LogP contribution in [0.4, 0.5) is 18.3 Å². The molecule has 0 unspecified atom stereocenters. The summed E-state index contributed by atoms with van der Waals surface area (Å²) in [6, 6.07) is 4.23. The number of hydrogen-bond donors (Lipinski definition) is 0. The zero-order chi connectivity index (χ0) is 12.8. The van der Waals surface area contributed by atoms with Crippen LogP contribution < -0.4 is 4.90 Å². The van der Waals surface area contributed by atoms with Crippen molar-refractivity contribution < 1.29 is 13.2 Å². The first-order chi connectivity index (χ1) is 8.55. The van der Waals surface area contributed by atoms with Gasteiger partial charge in [0.25, 0.3) is 0 Å². The van der Waals surface area contributed by atoms with Crippen LogP contribution in [0.2, 0.25) is 0 Å². The lowest BCUT2D eigenvalue weighted by molar-refractivity contribution is -0.136. The van der Waals surface area contributed by atoms with Crippen molar-refractivity contribution >= 4 is 26.7 Å². The number of para-hydroxylation sites is 1. The number of benzene rings is 1. The summed E-state index contributed by atoms with van der Waals surface area (Å²) in [6.45, 7) is 1.78. The predicted molar refractivity (Wildman–Crippen MR) is 66.1 cm³/mol. The summed E-state index contributed by atoms with van der Waals surface area (Å²) >= 11 is 1.34. The van der Waals surface area contributed by atoms with Gasteiger partial charge in [-0.05, 0) is 25.0 Å². The number of rotatable bonds is 1. The van der Waals surface area contributed by atoms with Gasteiger partial charge in [0.15, 0.2) is 5.13 Å². The summed E-state index contributed by atoms with van der Waals surface area (Å²) in [7, 11) is 0. The van der Waals surface area contributed by atoms with Crippen molar-refractivity contribution in [1.82, 2.24) is 4.98 Å². The van der Waals surface area contributed by atoms with Crippen molar-refractivity contribution in [2.24, 2.45) is 0 Å². The predicted octanol–water partition coefficient (Wildman–Crippen LogP) is 3.92. The Bertz CT molecular complexity index is 570. The number of anilines is 1. The molecule has 6 heteroatoms. The van der Waals surface area contributed by atoms with Crippen LogP contribution in [0.5, 0.6) is 0 Å². The molecule has 1 saturated heterocycles. The highest BCUT2D eigenvalue weighted by molar-refractivity contribution is 7.22. The van der Waals surface area contributed by atoms with E-state index in [2.05, 4.69) is 9.88 Å². The number of thiazole rings is 1. The fourth-order valence-corrected chi connectivity index (χ4v) is 3.25. The van der Waals surface area contributed by atoms with Gasteiger partial charge in [-0.25, -0.2) is 4.98 Å². The molecule has 0 amide bonds. The van der Waals surface area contributed by atoms with Gasteiger partial charge in [0, 0.05) is 13.1 Å². The summed E-state index contributed by atoms with van der Waals surface area (Å²) in [4.78, 5) is 6.25. The average Bonchev–Trinajstić information content (AvgIpc) is 2.95. The van der Waals surface area contributed by atoms with Gasteiger partial charge in [-0.15, -0.1) is 0 Å². The van der Waals surface area contributed by atoms with Crippen LogP contribution in [0, 0.1) is 0 Å². The molecule has 0 aliphatic carbocycles. The number of nitrogens with zero attached hydrogens (tertiary/aromatic N) is 2. The van der Waals surface area contributed by atoms with E-state index >= 15 is 0 Å². The number of hydrogen-bond acceptors (Lipinski definition) is 3. The molecule has 2 heterocycles. The van der Waals surface area contributed by atoms with Crippen LogP contribution in [0.3, 0.4) is 0 Å². The zero-order valence-electron chi connectivity index (χ0n) is 9.50. The van der Waals surface area contributed by atoms with Crippen LogP contribution in [-0.2, 0) is 6.18 Å². The highest BCUT2D eigenvalue weighted by Crippen LogP contribution is 2.38. The fraction of sp³-hybridized carbons (Fsp3) is 0.417. The van der Waals surface area contributed by atoms with E-state index < -0.39 is 11.7 Å². The molecule has 0 saturated carbocycles. The Morgan fingerprint density at radius 3 is 2.56 bits per heavy atom. The lowest BCUT2D eigenvalue weighted by atomic mass is 10.2. The van der Waals surface area contributed by atoms with Gasteiger partial charge >= 0.3 is 6.18 Å². The van der Waals surface area contributed by atoms with Gasteiger partial charge in [0.1, 0.15) is 0 Å². The Labute approximate surface area is 106 Å². The number of aromatic nitrogens is 1. The second-order valence-corrected chi connectivity index (χ2v) is 5.35. The minimum atomic E-state index is -4.34. The summed E-state index contributed by atoms with van der Waals surface area (Å²) in [5, 5.41) is 0.708. The molecule has 2 aromatic rings. The quantitative estimate of drug-likeness (QED) is 0.782. The summed E-state index contributed by atoms with van der Waals surface area (Å²) < 4.78 is 39.2. The Morgan fingerprint density at radius 1 is 1.17 bits per heavy atom. The fourth-order valence-electron chi connectivity index (χ4n) is 2.21. The third kappa shape index (κ3) is 1.94. The maximum atomic E-state index is 12.9. The van der Waals surface area contributed by atoms with E-state index in [9.17, 15) is 13.2 Å². The summed E-state index contributed by atoms with van der Waals surface area (Å²) in [5.74, 6) is 0. The monoisotopic (exact) mass is 272 g/mol. The SMILES string of the molecule is FC(F)(F)c1cccc2sc(N3CCCC3)nc12. The van der Waals surface area contributed by atoms with Crippen molar-refractivity contribution in [2.45, 2.75) is 19.0 Å². The van der Waals surface area contributed by atoms with Crippen molar-refractivity contribution in [3.05, 3.63) is 23.8 Å². The molecule has 2 nitrogen and oxygen atoms in total. The van der Waals surface area contributed by atoms with Crippen LogP contribution in [0.25, 0.3) is 10.2 Å². The molecule has 1 aliphatic heterocycles. The molecule has 18 heavy (non-hydrogen) atoms. The zero-order valence-corrected chi connectivity index (χ0v) is 10.3. The Morgan fingerprint density at radius 2 is 1.89 bits per heavy atom. The molecule has 0 bridgehead atoms. The third-order valence-corrected chi connectivity index (χ3v) is 4.17. The maximum Gasteiger partial charge on any atom is 0.418 e. The third-order valence-electron chi connectivity index (χ3n) is 3.09. The summed E-state index contributed by atoms with van der Waals surface area (Å²) in [5.41, 5.74) is -0.557. The van der Waals surface area contributed by atoms with Gasteiger partial charge in [-0.2, -0.15) is 13.2 Å². The summed E-state index contributed by atoms with van der Waals surface area (Å²) in [6.07, 6.45) is -2.17. The second-order valence-electron chi connectivity index (χ2n) is 4.34. The highest BCUT2D eigenvalue weighted by Gasteiger charge is 2.34. The van der Waals surface area contributed by atoms with E-state index in [0.717, 1.165) is 32.0 Å². The molecule has 0 radical (unpaired) electrons. The normalized spacial score (nSPS) is 16.7. The van der Waals surface area contributed by atoms with E-state index in [-0.39, 0.29) is 5.52 Å². The Balaban J connectivity index is 2.11. The van der Waals surface area contributed by atoms with Gasteiger partial charge in [0.2, 0.25) is 0 Å². The van der Waals surface area contributed by atoms with Gasteiger partial charge in [-0.1, -0.05) is 17.4 Å². The molecular weight excluding hydrogens is 261 g/mol. The van der Waals surface area contributed by atoms with E-state index in [1.165, 1.54) is 17.4 Å². The van der Waals surface area contributed by atoms with E-state index in [1.807, 2.05) is 0 Å². The second kappa shape index (κ2) is 4.12. The molecular formula is C12H11F3N2S. The number of alkyl halides is 3. The van der Waals surface area contributed by atoms with Crippen LogP contribution >= 0.6 is 11.3 Å². The minimum absolute atomic E-state index is 0.0805. The van der Waals surface area contributed by atoms with E-state index in [4.69, 9.17) is 0 Å².